The Bertz CT molecular complexity index is 753. The molecule has 2 heterocycles. The lowest BCUT2D eigenvalue weighted by molar-refractivity contribution is 0.112. The topological polar surface area (TPSA) is 42.4 Å². The van der Waals surface area contributed by atoms with Gasteiger partial charge in [-0.3, -0.25) is 9.78 Å². The van der Waals surface area contributed by atoms with Gasteiger partial charge in [0.25, 0.3) is 0 Å². The number of piperidine rings is 1. The maximum atomic E-state index is 11.4. The number of pyridine rings is 1. The number of aromatic nitrogens is 1. The minimum absolute atomic E-state index is 0.651. The molecule has 5 heteroatoms. The Hall–Kier alpha value is -2.14. The standard InChI is InChI=1S/C21H23BrN2O2/c1-2-17-6-7-18(14-23-17)26-13-10-16-8-11-24(12-9-16)21-5-3-4-20(22)19(21)15-25/h2-7,14-16H,1,8-13H2. The third-order valence-electron chi connectivity index (χ3n) is 4.87. The van der Waals surface area contributed by atoms with Gasteiger partial charge in [-0.05, 0) is 71.5 Å². The van der Waals surface area contributed by atoms with E-state index >= 15 is 0 Å². The Kier molecular flexibility index (Phi) is 6.45. The van der Waals surface area contributed by atoms with Crippen LogP contribution in [0.5, 0.6) is 5.75 Å². The number of carbonyl (C=O) groups excluding carboxylic acids is 1. The van der Waals surface area contributed by atoms with Gasteiger partial charge in [0, 0.05) is 23.2 Å². The first-order valence-corrected chi connectivity index (χ1v) is 9.70. The van der Waals surface area contributed by atoms with Crippen LogP contribution in [-0.2, 0) is 0 Å². The highest BCUT2D eigenvalue weighted by atomic mass is 79.9. The summed E-state index contributed by atoms with van der Waals surface area (Å²) < 4.78 is 6.67. The fourth-order valence-electron chi connectivity index (χ4n) is 3.32. The van der Waals surface area contributed by atoms with Gasteiger partial charge in [0.05, 0.1) is 24.1 Å². The number of halogens is 1. The highest BCUT2D eigenvalue weighted by Crippen LogP contribution is 2.30. The molecule has 0 unspecified atom stereocenters. The van der Waals surface area contributed by atoms with Crippen LogP contribution < -0.4 is 9.64 Å². The van der Waals surface area contributed by atoms with Gasteiger partial charge in [-0.1, -0.05) is 12.6 Å². The van der Waals surface area contributed by atoms with Gasteiger partial charge in [-0.2, -0.15) is 0 Å². The van der Waals surface area contributed by atoms with Crippen molar-refractivity contribution in [3.63, 3.8) is 0 Å². The second kappa shape index (κ2) is 8.99. The molecule has 0 N–H and O–H groups in total. The van der Waals surface area contributed by atoms with E-state index in [1.165, 1.54) is 0 Å². The van der Waals surface area contributed by atoms with Gasteiger partial charge in [-0.25, -0.2) is 0 Å². The second-order valence-corrected chi connectivity index (χ2v) is 7.34. The van der Waals surface area contributed by atoms with E-state index in [1.807, 2.05) is 30.3 Å². The van der Waals surface area contributed by atoms with Crippen LogP contribution in [0.15, 0.2) is 47.6 Å². The van der Waals surface area contributed by atoms with Crippen LogP contribution in [0, 0.1) is 5.92 Å². The largest absolute Gasteiger partial charge is 0.492 e. The van der Waals surface area contributed by atoms with Gasteiger partial charge < -0.3 is 9.64 Å². The molecule has 0 aliphatic carbocycles. The molecule has 1 aliphatic heterocycles. The van der Waals surface area contributed by atoms with Gasteiger partial charge in [0.15, 0.2) is 6.29 Å². The molecule has 0 bridgehead atoms. The van der Waals surface area contributed by atoms with Crippen molar-refractivity contribution in [1.29, 1.82) is 0 Å². The summed E-state index contributed by atoms with van der Waals surface area (Å²) >= 11 is 3.47. The second-order valence-electron chi connectivity index (χ2n) is 6.48. The fourth-order valence-corrected chi connectivity index (χ4v) is 3.77. The minimum Gasteiger partial charge on any atom is -0.492 e. The summed E-state index contributed by atoms with van der Waals surface area (Å²) in [5.41, 5.74) is 2.62. The van der Waals surface area contributed by atoms with E-state index in [1.54, 1.807) is 12.3 Å². The molecular weight excluding hydrogens is 392 g/mol. The average Bonchev–Trinajstić information content (AvgIpc) is 2.69. The molecule has 0 atom stereocenters. The lowest BCUT2D eigenvalue weighted by Gasteiger charge is -2.34. The quantitative estimate of drug-likeness (QED) is 0.598. The number of rotatable bonds is 7. The third-order valence-corrected chi connectivity index (χ3v) is 5.56. The van der Waals surface area contributed by atoms with E-state index in [0.717, 1.165) is 65.8 Å². The van der Waals surface area contributed by atoms with Crippen molar-refractivity contribution in [3.8, 4) is 5.75 Å². The Morgan fingerprint density at radius 3 is 2.73 bits per heavy atom. The number of benzene rings is 1. The normalized spacial score (nSPS) is 14.9. The number of hydrogen-bond acceptors (Lipinski definition) is 4. The molecule has 4 nitrogen and oxygen atoms in total. The first-order chi connectivity index (χ1) is 12.7. The predicted octanol–water partition coefficient (Wildman–Crippen LogP) is 4.99. The van der Waals surface area contributed by atoms with Crippen LogP contribution in [0.1, 0.15) is 35.3 Å². The van der Waals surface area contributed by atoms with Crippen molar-refractivity contribution in [2.45, 2.75) is 19.3 Å². The molecule has 1 aromatic heterocycles. The van der Waals surface area contributed by atoms with E-state index in [0.29, 0.717) is 12.5 Å². The molecule has 1 aliphatic rings. The summed E-state index contributed by atoms with van der Waals surface area (Å²) in [6.45, 7) is 6.34. The smallest absolute Gasteiger partial charge is 0.153 e. The molecule has 2 aromatic rings. The van der Waals surface area contributed by atoms with Crippen molar-refractivity contribution in [3.05, 3.63) is 58.8 Å². The van der Waals surface area contributed by atoms with Crippen molar-refractivity contribution < 1.29 is 9.53 Å². The summed E-state index contributed by atoms with van der Waals surface area (Å²) in [6.07, 6.45) is 7.66. The highest BCUT2D eigenvalue weighted by molar-refractivity contribution is 9.10. The van der Waals surface area contributed by atoms with Gasteiger partial charge >= 0.3 is 0 Å². The number of nitrogens with zero attached hydrogens (tertiary/aromatic N) is 2. The number of anilines is 1. The molecule has 1 saturated heterocycles. The molecule has 0 saturated carbocycles. The maximum Gasteiger partial charge on any atom is 0.153 e. The Morgan fingerprint density at radius 2 is 2.08 bits per heavy atom. The maximum absolute atomic E-state index is 11.4. The predicted molar refractivity (Wildman–Crippen MR) is 109 cm³/mol. The third kappa shape index (κ3) is 4.52. The van der Waals surface area contributed by atoms with Gasteiger partial charge in [0.2, 0.25) is 0 Å². The van der Waals surface area contributed by atoms with E-state index in [9.17, 15) is 4.79 Å². The Labute approximate surface area is 163 Å². The van der Waals surface area contributed by atoms with Crippen LogP contribution in [0.2, 0.25) is 0 Å². The first kappa shape index (κ1) is 18.6. The monoisotopic (exact) mass is 414 g/mol. The lowest BCUT2D eigenvalue weighted by atomic mass is 9.93. The number of aldehydes is 1. The zero-order valence-corrected chi connectivity index (χ0v) is 16.3. The summed E-state index contributed by atoms with van der Waals surface area (Å²) in [5, 5.41) is 0. The molecule has 0 amide bonds. The molecule has 136 valence electrons. The minimum atomic E-state index is 0.651. The van der Waals surface area contributed by atoms with Crippen LogP contribution in [0.25, 0.3) is 6.08 Å². The molecule has 1 fully saturated rings. The van der Waals surface area contributed by atoms with Crippen molar-refractivity contribution in [2.75, 3.05) is 24.6 Å². The highest BCUT2D eigenvalue weighted by Gasteiger charge is 2.21. The zero-order valence-electron chi connectivity index (χ0n) is 14.7. The number of hydrogen-bond donors (Lipinski definition) is 0. The summed E-state index contributed by atoms with van der Waals surface area (Å²) in [6, 6.07) is 9.76. The molecule has 0 radical (unpaired) electrons. The summed E-state index contributed by atoms with van der Waals surface area (Å²) in [5.74, 6) is 1.45. The van der Waals surface area contributed by atoms with Crippen molar-refractivity contribution in [2.24, 2.45) is 5.92 Å². The number of ether oxygens (including phenoxy) is 1. The molecule has 1 aromatic carbocycles. The lowest BCUT2D eigenvalue weighted by Crippen LogP contribution is -2.34. The van der Waals surface area contributed by atoms with Gasteiger partial charge in [-0.15, -0.1) is 0 Å². The van der Waals surface area contributed by atoms with E-state index < -0.39 is 0 Å². The van der Waals surface area contributed by atoms with Crippen LogP contribution in [-0.4, -0.2) is 31.0 Å². The average molecular weight is 415 g/mol. The molecular formula is C21H23BrN2O2. The molecule has 0 spiro atoms. The van der Waals surface area contributed by atoms with E-state index in [4.69, 9.17) is 4.74 Å². The number of carbonyl (C=O) groups is 1. The summed E-state index contributed by atoms with van der Waals surface area (Å²) in [4.78, 5) is 17.9. The Morgan fingerprint density at radius 1 is 1.27 bits per heavy atom. The van der Waals surface area contributed by atoms with Crippen LogP contribution >= 0.6 is 15.9 Å². The molecule has 26 heavy (non-hydrogen) atoms. The van der Waals surface area contributed by atoms with Crippen LogP contribution in [0.3, 0.4) is 0 Å². The zero-order chi connectivity index (χ0) is 18.4. The van der Waals surface area contributed by atoms with E-state index in [2.05, 4.69) is 32.4 Å². The summed E-state index contributed by atoms with van der Waals surface area (Å²) in [7, 11) is 0. The SMILES string of the molecule is C=Cc1ccc(OCCC2CCN(c3cccc(Br)c3C=O)CC2)cn1. The van der Waals surface area contributed by atoms with Crippen LogP contribution in [0.4, 0.5) is 5.69 Å². The van der Waals surface area contributed by atoms with Crippen molar-refractivity contribution >= 4 is 34.0 Å². The first-order valence-electron chi connectivity index (χ1n) is 8.91. The van der Waals surface area contributed by atoms with E-state index in [-0.39, 0.29) is 0 Å². The fraction of sp³-hybridized carbons (Fsp3) is 0.333. The molecule has 3 rings (SSSR count). The van der Waals surface area contributed by atoms with Crippen molar-refractivity contribution in [1.82, 2.24) is 4.98 Å². The van der Waals surface area contributed by atoms with Gasteiger partial charge in [0.1, 0.15) is 5.75 Å². The Balaban J connectivity index is 1.47.